The molecular formula is C22H16ClN3O5. The van der Waals surface area contributed by atoms with E-state index < -0.39 is 4.92 Å². The van der Waals surface area contributed by atoms with E-state index in [1.54, 1.807) is 18.2 Å². The molecule has 1 aromatic carbocycles. The number of nitro groups is 1. The van der Waals surface area contributed by atoms with E-state index in [1.165, 1.54) is 18.3 Å². The SMILES string of the molecule is O=C1[C@@H]2[C@@H]3C=C[C@H]([C@@H]4C[C@H]34)[C@@H]2C(=O)N1/N=C\c1ccc(-c2ccc(Cl)c([N+](=O)[O-])c2)o1. The summed E-state index contributed by atoms with van der Waals surface area (Å²) in [4.78, 5) is 36.4. The van der Waals surface area contributed by atoms with E-state index in [9.17, 15) is 19.7 Å². The second-order valence-corrected chi connectivity index (χ2v) is 8.92. The highest BCUT2D eigenvalue weighted by atomic mass is 35.5. The summed E-state index contributed by atoms with van der Waals surface area (Å²) in [6.45, 7) is 0. The standard InChI is InChI=1S/C22H16ClN3O5/c23-16-5-1-10(7-17(16)26(29)30)18-6-2-11(31-18)9-24-25-21(27)19-12-3-4-13(15-8-14(12)15)20(19)22(25)28/h1-7,9,12-15,19-20H,8H2/b24-9-/t12-,13-,14-,15+,19-,20+/m1/s1. The van der Waals surface area contributed by atoms with Crippen molar-refractivity contribution in [1.29, 1.82) is 0 Å². The van der Waals surface area contributed by atoms with Crippen LogP contribution < -0.4 is 0 Å². The maximum absolute atomic E-state index is 12.9. The summed E-state index contributed by atoms with van der Waals surface area (Å²) in [5, 5.41) is 16.3. The van der Waals surface area contributed by atoms with E-state index in [0.29, 0.717) is 28.9 Å². The quantitative estimate of drug-likeness (QED) is 0.237. The zero-order valence-corrected chi connectivity index (χ0v) is 16.8. The number of hydrogen-bond acceptors (Lipinski definition) is 6. The zero-order valence-electron chi connectivity index (χ0n) is 16.1. The molecule has 1 saturated heterocycles. The summed E-state index contributed by atoms with van der Waals surface area (Å²) in [5.41, 5.74) is 0.264. The first-order chi connectivity index (χ1) is 14.9. The second-order valence-electron chi connectivity index (χ2n) is 8.51. The molecule has 9 heteroatoms. The lowest BCUT2D eigenvalue weighted by Crippen LogP contribution is -2.40. The Morgan fingerprint density at radius 3 is 2.42 bits per heavy atom. The Labute approximate surface area is 181 Å². The highest BCUT2D eigenvalue weighted by molar-refractivity contribution is 6.32. The number of amides is 2. The molecule has 2 saturated carbocycles. The van der Waals surface area contributed by atoms with Crippen LogP contribution in [0.1, 0.15) is 12.2 Å². The zero-order chi connectivity index (χ0) is 21.4. The van der Waals surface area contributed by atoms with Gasteiger partial charge in [-0.25, -0.2) is 0 Å². The number of allylic oxidation sites excluding steroid dienone is 2. The maximum atomic E-state index is 12.9. The molecule has 6 atom stereocenters. The van der Waals surface area contributed by atoms with Crippen LogP contribution in [-0.4, -0.2) is 28.0 Å². The van der Waals surface area contributed by atoms with Crippen LogP contribution in [0.3, 0.4) is 0 Å². The smallest absolute Gasteiger partial charge is 0.288 e. The first-order valence-corrected chi connectivity index (χ1v) is 10.5. The summed E-state index contributed by atoms with van der Waals surface area (Å²) in [5.74, 6) is 0.992. The molecular weight excluding hydrogens is 422 g/mol. The molecule has 7 rings (SSSR count). The Morgan fingerprint density at radius 2 is 1.77 bits per heavy atom. The van der Waals surface area contributed by atoms with Crippen molar-refractivity contribution in [3.05, 3.63) is 63.4 Å². The van der Waals surface area contributed by atoms with Crippen molar-refractivity contribution in [3.63, 3.8) is 0 Å². The van der Waals surface area contributed by atoms with Gasteiger partial charge in [-0.05, 0) is 54.4 Å². The van der Waals surface area contributed by atoms with Gasteiger partial charge in [-0.15, -0.1) is 0 Å². The van der Waals surface area contributed by atoms with E-state index >= 15 is 0 Å². The number of furan rings is 1. The third kappa shape index (κ3) is 2.64. The lowest BCUT2D eigenvalue weighted by Gasteiger charge is -2.37. The summed E-state index contributed by atoms with van der Waals surface area (Å²) < 4.78 is 5.70. The molecule has 0 radical (unpaired) electrons. The number of nitro benzene ring substituents is 1. The Kier molecular flexibility index (Phi) is 3.80. The number of rotatable bonds is 4. The van der Waals surface area contributed by atoms with Crippen LogP contribution in [0.2, 0.25) is 5.02 Å². The van der Waals surface area contributed by atoms with Crippen LogP contribution in [0.15, 0.2) is 52.0 Å². The molecule has 8 nitrogen and oxygen atoms in total. The maximum Gasteiger partial charge on any atom is 0.288 e. The monoisotopic (exact) mass is 437 g/mol. The molecule has 0 spiro atoms. The summed E-state index contributed by atoms with van der Waals surface area (Å²) in [7, 11) is 0. The lowest BCUT2D eigenvalue weighted by atomic mass is 9.63. The van der Waals surface area contributed by atoms with Crippen molar-refractivity contribution in [1.82, 2.24) is 5.01 Å². The molecule has 5 aliphatic rings. The third-order valence-electron chi connectivity index (χ3n) is 6.99. The number of hydrazone groups is 1. The Bertz CT molecular complexity index is 1180. The van der Waals surface area contributed by atoms with Gasteiger partial charge in [-0.1, -0.05) is 23.8 Å². The first kappa shape index (κ1) is 18.5. The summed E-state index contributed by atoms with van der Waals surface area (Å²) in [6.07, 6.45) is 6.67. The molecule has 1 aliphatic heterocycles. The van der Waals surface area contributed by atoms with Crippen molar-refractivity contribution in [2.45, 2.75) is 6.42 Å². The van der Waals surface area contributed by atoms with Gasteiger partial charge < -0.3 is 4.42 Å². The van der Waals surface area contributed by atoms with Gasteiger partial charge in [0.15, 0.2) is 0 Å². The van der Waals surface area contributed by atoms with Crippen LogP contribution in [-0.2, 0) is 9.59 Å². The van der Waals surface area contributed by atoms with Gasteiger partial charge in [0.1, 0.15) is 16.5 Å². The van der Waals surface area contributed by atoms with Gasteiger partial charge >= 0.3 is 0 Å². The molecule has 0 N–H and O–H groups in total. The number of carbonyl (C=O) groups excluding carboxylic acids is 2. The number of benzene rings is 1. The summed E-state index contributed by atoms with van der Waals surface area (Å²) in [6, 6.07) is 7.63. The predicted octanol–water partition coefficient (Wildman–Crippen LogP) is 3.90. The van der Waals surface area contributed by atoms with Gasteiger partial charge in [0, 0.05) is 11.6 Å². The third-order valence-corrected chi connectivity index (χ3v) is 7.31. The molecule has 4 aliphatic carbocycles. The minimum Gasteiger partial charge on any atom is -0.455 e. The van der Waals surface area contributed by atoms with Gasteiger partial charge in [0.05, 0.1) is 23.0 Å². The van der Waals surface area contributed by atoms with Crippen molar-refractivity contribution in [2.24, 2.45) is 40.6 Å². The molecule has 156 valence electrons. The van der Waals surface area contributed by atoms with E-state index in [4.69, 9.17) is 16.0 Å². The van der Waals surface area contributed by atoms with Gasteiger partial charge in [-0.2, -0.15) is 10.1 Å². The van der Waals surface area contributed by atoms with Crippen molar-refractivity contribution in [3.8, 4) is 11.3 Å². The van der Waals surface area contributed by atoms with Crippen LogP contribution in [0.25, 0.3) is 11.3 Å². The number of imide groups is 1. The van der Waals surface area contributed by atoms with E-state index in [0.717, 1.165) is 11.4 Å². The minimum atomic E-state index is -0.562. The highest BCUT2D eigenvalue weighted by Crippen LogP contribution is 2.65. The van der Waals surface area contributed by atoms with Crippen LogP contribution in [0, 0.1) is 45.6 Å². The van der Waals surface area contributed by atoms with Gasteiger partial charge in [-0.3, -0.25) is 19.7 Å². The Balaban J connectivity index is 1.24. The molecule has 2 bridgehead atoms. The highest BCUT2D eigenvalue weighted by Gasteiger charge is 2.67. The molecule has 2 amide bonds. The van der Waals surface area contributed by atoms with Crippen molar-refractivity contribution in [2.75, 3.05) is 0 Å². The fourth-order valence-electron chi connectivity index (χ4n) is 5.55. The minimum absolute atomic E-state index is 0.0377. The summed E-state index contributed by atoms with van der Waals surface area (Å²) >= 11 is 5.85. The average Bonchev–Trinajstić information content (AvgIpc) is 3.39. The molecule has 31 heavy (non-hydrogen) atoms. The first-order valence-electron chi connectivity index (χ1n) is 10.1. The number of halogens is 1. The molecule has 2 aromatic rings. The number of nitrogens with zero attached hydrogens (tertiary/aromatic N) is 3. The normalized spacial score (nSPS) is 32.6. The van der Waals surface area contributed by atoms with Gasteiger partial charge in [0.25, 0.3) is 17.5 Å². The fraction of sp³-hybridized carbons (Fsp3) is 0.318. The number of hydrogen-bond donors (Lipinski definition) is 0. The van der Waals surface area contributed by atoms with E-state index in [2.05, 4.69) is 17.3 Å². The van der Waals surface area contributed by atoms with Crippen LogP contribution in [0.5, 0.6) is 0 Å². The van der Waals surface area contributed by atoms with Gasteiger partial charge in [0.2, 0.25) is 0 Å². The molecule has 2 heterocycles. The lowest BCUT2D eigenvalue weighted by molar-refractivity contribution is -0.384. The topological polar surface area (TPSA) is 106 Å². The van der Waals surface area contributed by atoms with Crippen molar-refractivity contribution < 1.29 is 18.9 Å². The Hall–Kier alpha value is -3.26. The second kappa shape index (κ2) is 6.37. The van der Waals surface area contributed by atoms with E-state index in [1.807, 2.05) is 0 Å². The van der Waals surface area contributed by atoms with E-state index in [-0.39, 0.29) is 46.2 Å². The Morgan fingerprint density at radius 1 is 1.10 bits per heavy atom. The van der Waals surface area contributed by atoms with Crippen molar-refractivity contribution >= 4 is 35.3 Å². The molecule has 1 aromatic heterocycles. The average molecular weight is 438 g/mol. The molecule has 0 unspecified atom stereocenters. The van der Waals surface area contributed by atoms with Crippen LogP contribution in [0.4, 0.5) is 5.69 Å². The largest absolute Gasteiger partial charge is 0.455 e. The fourth-order valence-corrected chi connectivity index (χ4v) is 5.74. The number of carbonyl (C=O) groups is 2. The molecule has 3 fully saturated rings. The predicted molar refractivity (Wildman–Crippen MR) is 110 cm³/mol. The van der Waals surface area contributed by atoms with Crippen LogP contribution >= 0.6 is 11.6 Å².